The van der Waals surface area contributed by atoms with Gasteiger partial charge in [-0.2, -0.15) is 0 Å². The highest BCUT2D eigenvalue weighted by atomic mass is 19.1. The molecule has 1 aromatic carbocycles. The minimum Gasteiger partial charge on any atom is -0.395 e. The van der Waals surface area contributed by atoms with Gasteiger partial charge in [0.1, 0.15) is 5.52 Å². The van der Waals surface area contributed by atoms with Crippen LogP contribution in [-0.4, -0.2) is 91.1 Å². The summed E-state index contributed by atoms with van der Waals surface area (Å²) < 4.78 is 17.1. The molecule has 1 saturated carbocycles. The number of fused-ring (bicyclic) bond motifs is 3. The molecule has 3 aromatic heterocycles. The lowest BCUT2D eigenvalue weighted by Crippen LogP contribution is -2.58. The van der Waals surface area contributed by atoms with E-state index in [0.717, 1.165) is 53.8 Å². The number of hydrogen-bond donors (Lipinski definition) is 2. The fourth-order valence-corrected chi connectivity index (χ4v) is 8.99. The fraction of sp³-hybridized carbons (Fsp3) is 0.537. The van der Waals surface area contributed by atoms with Gasteiger partial charge >= 0.3 is 0 Å². The highest BCUT2D eigenvalue weighted by Gasteiger charge is 2.56. The van der Waals surface area contributed by atoms with E-state index < -0.39 is 16.6 Å². The van der Waals surface area contributed by atoms with E-state index in [1.165, 1.54) is 25.5 Å². The van der Waals surface area contributed by atoms with Crippen molar-refractivity contribution in [2.45, 2.75) is 103 Å². The van der Waals surface area contributed by atoms with Crippen molar-refractivity contribution in [3.05, 3.63) is 59.9 Å². The second kappa shape index (κ2) is 13.5. The predicted octanol–water partition coefficient (Wildman–Crippen LogP) is 6.51. The number of nitrogens with zero attached hydrogens (tertiary/aromatic N) is 7. The van der Waals surface area contributed by atoms with Gasteiger partial charge in [-0.15, -0.1) is 0 Å². The lowest BCUT2D eigenvalue weighted by molar-refractivity contribution is -0.145. The summed E-state index contributed by atoms with van der Waals surface area (Å²) >= 11 is 0. The Morgan fingerprint density at radius 1 is 1.04 bits per heavy atom. The molecule has 1 aliphatic carbocycles. The number of likely N-dealkylation sites (tertiary alicyclic amines) is 2. The molecule has 2 N–H and O–H groups in total. The first-order valence-electron chi connectivity index (χ1n) is 19.3. The normalized spacial score (nSPS) is 21.8. The minimum atomic E-state index is -0.868. The first-order chi connectivity index (χ1) is 25.4. The molecule has 4 aliphatic rings. The van der Waals surface area contributed by atoms with E-state index in [1.54, 1.807) is 26.2 Å². The summed E-state index contributed by atoms with van der Waals surface area (Å²) in [5.41, 5.74) is 4.33. The maximum atomic E-state index is 15.0. The molecule has 11 nitrogen and oxygen atoms in total. The largest absolute Gasteiger partial charge is 0.395 e. The number of hydrogen-bond acceptors (Lipinski definition) is 8. The van der Waals surface area contributed by atoms with Gasteiger partial charge in [-0.1, -0.05) is 18.6 Å². The third-order valence-corrected chi connectivity index (χ3v) is 12.3. The summed E-state index contributed by atoms with van der Waals surface area (Å²) in [6.07, 6.45) is 9.72. The fourth-order valence-electron chi connectivity index (χ4n) is 8.99. The summed E-state index contributed by atoms with van der Waals surface area (Å²) in [4.78, 5) is 48.7. The summed E-state index contributed by atoms with van der Waals surface area (Å²) in [6, 6.07) is 10.6. The van der Waals surface area contributed by atoms with Crippen LogP contribution in [0.5, 0.6) is 0 Å². The van der Waals surface area contributed by atoms with Gasteiger partial charge in [0.15, 0.2) is 11.6 Å². The van der Waals surface area contributed by atoms with Crippen LogP contribution in [-0.2, 0) is 15.0 Å². The lowest BCUT2D eigenvalue weighted by Gasteiger charge is -2.48. The number of carbonyl (C=O) groups is 2. The van der Waals surface area contributed by atoms with Crippen molar-refractivity contribution in [1.82, 2.24) is 29.3 Å². The molecule has 6 heterocycles. The summed E-state index contributed by atoms with van der Waals surface area (Å²) in [5, 5.41) is 13.1. The maximum absolute atomic E-state index is 15.0. The quantitative estimate of drug-likeness (QED) is 0.212. The van der Waals surface area contributed by atoms with Crippen LogP contribution < -0.4 is 10.2 Å². The van der Waals surface area contributed by atoms with Gasteiger partial charge in [-0.05, 0) is 110 Å². The molecule has 3 fully saturated rings. The molecular formula is C41H51FN8O3. The van der Waals surface area contributed by atoms with E-state index in [1.807, 2.05) is 28.5 Å². The number of benzene rings is 1. The van der Waals surface area contributed by atoms with Crippen LogP contribution in [0.2, 0.25) is 0 Å². The molecule has 0 atom stereocenters. The molecule has 0 radical (unpaired) electrons. The molecule has 2 amide bonds. The zero-order valence-corrected chi connectivity index (χ0v) is 31.5. The topological polar surface area (TPSA) is 120 Å². The summed E-state index contributed by atoms with van der Waals surface area (Å²) in [7, 11) is 0. The number of aliphatic hydroxyl groups is 1. The Kier molecular flexibility index (Phi) is 9.04. The van der Waals surface area contributed by atoms with E-state index in [-0.39, 0.29) is 36.2 Å². The van der Waals surface area contributed by atoms with Crippen LogP contribution in [0.25, 0.3) is 22.3 Å². The first-order valence-corrected chi connectivity index (χ1v) is 19.3. The van der Waals surface area contributed by atoms with Gasteiger partial charge in [-0.25, -0.2) is 14.4 Å². The van der Waals surface area contributed by atoms with Crippen LogP contribution in [0, 0.1) is 18.2 Å². The molecule has 2 saturated heterocycles. The zero-order chi connectivity index (χ0) is 37.2. The first kappa shape index (κ1) is 35.6. The highest BCUT2D eigenvalue weighted by molar-refractivity contribution is 6.09. The lowest BCUT2D eigenvalue weighted by atomic mass is 9.73. The molecule has 4 aromatic rings. The molecule has 8 rings (SSSR count). The second-order valence-corrected chi connectivity index (χ2v) is 16.6. The van der Waals surface area contributed by atoms with E-state index in [0.29, 0.717) is 49.2 Å². The number of anilines is 3. The van der Waals surface area contributed by atoms with E-state index in [9.17, 15) is 14.7 Å². The van der Waals surface area contributed by atoms with Gasteiger partial charge in [0.25, 0.3) is 0 Å². The Labute approximate surface area is 310 Å². The predicted molar refractivity (Wildman–Crippen MR) is 204 cm³/mol. The number of aliphatic hydroxyl groups excluding tert-OH is 1. The van der Waals surface area contributed by atoms with Crippen molar-refractivity contribution in [3.63, 3.8) is 0 Å². The number of piperidine rings is 2. The average Bonchev–Trinajstić information content (AvgIpc) is 3.67. The van der Waals surface area contributed by atoms with Crippen molar-refractivity contribution < 1.29 is 19.1 Å². The molecule has 3 aliphatic heterocycles. The molecule has 1 spiro atoms. The highest BCUT2D eigenvalue weighted by Crippen LogP contribution is 2.52. The van der Waals surface area contributed by atoms with E-state index in [4.69, 9.17) is 9.97 Å². The van der Waals surface area contributed by atoms with Crippen molar-refractivity contribution in [3.8, 4) is 11.3 Å². The van der Waals surface area contributed by atoms with Gasteiger partial charge in [0.05, 0.1) is 46.9 Å². The van der Waals surface area contributed by atoms with Crippen LogP contribution in [0.3, 0.4) is 0 Å². The van der Waals surface area contributed by atoms with Crippen LogP contribution in [0.1, 0.15) is 89.9 Å². The second-order valence-electron chi connectivity index (χ2n) is 16.6. The molecule has 53 heavy (non-hydrogen) atoms. The van der Waals surface area contributed by atoms with E-state index in [2.05, 4.69) is 46.1 Å². The standard InChI is InChI=1S/C41H51FN8O3/c1-25(2)49-24-44-34-21-32(45-37(36(34)49)46-33-17-26(3)43-22-31(33)42)27-9-10-30-35(18-27)50(29-19-28(20-29)47-13-7-6-8-14-47)39(53)41(30)11-15-48(16-12-41)38(52)40(4,5)23-51/h9-10,17-18,21-22,24-25,28-29,51H,6-8,11-16,19-20,23H2,1-5H3,(H,43,45,46). The molecule has 280 valence electrons. The molecular weight excluding hydrogens is 672 g/mol. The van der Waals surface area contributed by atoms with Crippen molar-refractivity contribution in [1.29, 1.82) is 0 Å². The zero-order valence-electron chi connectivity index (χ0n) is 31.5. The number of aromatic nitrogens is 4. The number of halogens is 1. The average molecular weight is 723 g/mol. The van der Waals surface area contributed by atoms with Crippen LogP contribution in [0.15, 0.2) is 42.9 Å². The number of rotatable bonds is 8. The van der Waals surface area contributed by atoms with Crippen LogP contribution in [0.4, 0.5) is 21.6 Å². The van der Waals surface area contributed by atoms with Gasteiger partial charge in [0.2, 0.25) is 11.8 Å². The Hall–Kier alpha value is -4.42. The van der Waals surface area contributed by atoms with Gasteiger partial charge in [-0.3, -0.25) is 14.6 Å². The molecule has 0 bridgehead atoms. The number of pyridine rings is 2. The maximum Gasteiger partial charge on any atom is 0.238 e. The third-order valence-electron chi connectivity index (χ3n) is 12.3. The number of amides is 2. The monoisotopic (exact) mass is 722 g/mol. The molecule has 12 heteroatoms. The van der Waals surface area contributed by atoms with Gasteiger partial charge < -0.3 is 29.7 Å². The SMILES string of the molecule is Cc1cc(Nc2nc(-c3ccc4c(c3)N(C3CC(N5CCCCC5)C3)C(=O)C43CCN(C(=O)C(C)(C)CO)CC3)cc3ncn(C(C)C)c23)c(F)cn1. The van der Waals surface area contributed by atoms with Crippen molar-refractivity contribution in [2.75, 3.05) is 43.0 Å². The van der Waals surface area contributed by atoms with Crippen molar-refractivity contribution in [2.24, 2.45) is 5.41 Å². The van der Waals surface area contributed by atoms with E-state index >= 15 is 4.39 Å². The number of aryl methyl sites for hydroxylation is 1. The molecule has 0 unspecified atom stereocenters. The smallest absolute Gasteiger partial charge is 0.238 e. The van der Waals surface area contributed by atoms with Crippen molar-refractivity contribution >= 4 is 40.0 Å². The third kappa shape index (κ3) is 6.07. The Morgan fingerprint density at radius 3 is 2.47 bits per heavy atom. The van der Waals surface area contributed by atoms with Crippen LogP contribution >= 0.6 is 0 Å². The van der Waals surface area contributed by atoms with Gasteiger partial charge in [0, 0.05) is 48.2 Å². The Bertz CT molecular complexity index is 2060. The minimum absolute atomic E-state index is 0.0799. The Morgan fingerprint density at radius 2 is 1.77 bits per heavy atom. The Balaban J connectivity index is 1.18. The number of imidazole rings is 1. The number of carbonyl (C=O) groups excluding carboxylic acids is 2. The summed E-state index contributed by atoms with van der Waals surface area (Å²) in [5.74, 6) is 0.0674. The number of nitrogens with one attached hydrogen (secondary N) is 1. The summed E-state index contributed by atoms with van der Waals surface area (Å²) in [6.45, 7) is 12.4.